The van der Waals surface area contributed by atoms with Crippen LogP contribution >= 0.6 is 11.3 Å². The summed E-state index contributed by atoms with van der Waals surface area (Å²) in [6.07, 6.45) is 2.80. The molecule has 0 radical (unpaired) electrons. The smallest absolute Gasteiger partial charge is 0.0947 e. The van der Waals surface area contributed by atoms with Crippen molar-refractivity contribution >= 4 is 11.3 Å². The third-order valence-electron chi connectivity index (χ3n) is 2.33. The molecule has 0 atom stereocenters. The van der Waals surface area contributed by atoms with Gasteiger partial charge in [0.1, 0.15) is 0 Å². The van der Waals surface area contributed by atoms with Gasteiger partial charge in [-0.2, -0.15) is 0 Å². The Morgan fingerprint density at radius 1 is 1.38 bits per heavy atom. The zero-order valence-electron chi connectivity index (χ0n) is 9.53. The van der Waals surface area contributed by atoms with Crippen LogP contribution in [0, 0.1) is 6.92 Å². The number of likely N-dealkylation sites (N-methyl/N-ethyl adjacent to an activating group) is 1. The number of hydrogen-bond acceptors (Lipinski definition) is 4. The van der Waals surface area contributed by atoms with Crippen molar-refractivity contribution in [3.05, 3.63) is 35.1 Å². The highest BCUT2D eigenvalue weighted by Gasteiger charge is 2.09. The highest BCUT2D eigenvalue weighted by molar-refractivity contribution is 7.15. The van der Waals surface area contributed by atoms with Crippen molar-refractivity contribution in [1.29, 1.82) is 0 Å². The van der Waals surface area contributed by atoms with Gasteiger partial charge in [-0.15, -0.1) is 11.3 Å². The van der Waals surface area contributed by atoms with E-state index in [9.17, 15) is 0 Å². The average molecular weight is 233 g/mol. The highest BCUT2D eigenvalue weighted by Crippen LogP contribution is 2.28. The van der Waals surface area contributed by atoms with Crippen LogP contribution in [0.3, 0.4) is 0 Å². The number of hydrogen-bond donors (Lipinski definition) is 1. The van der Waals surface area contributed by atoms with Crippen molar-refractivity contribution in [2.75, 3.05) is 13.6 Å². The summed E-state index contributed by atoms with van der Waals surface area (Å²) in [6, 6.07) is 5.97. The van der Waals surface area contributed by atoms with E-state index in [4.69, 9.17) is 0 Å². The van der Waals surface area contributed by atoms with E-state index in [-0.39, 0.29) is 0 Å². The molecule has 2 aromatic heterocycles. The molecule has 84 valence electrons. The zero-order chi connectivity index (χ0) is 11.4. The van der Waals surface area contributed by atoms with Gasteiger partial charge in [-0.05, 0) is 26.1 Å². The van der Waals surface area contributed by atoms with Gasteiger partial charge in [0.15, 0.2) is 0 Å². The summed E-state index contributed by atoms with van der Waals surface area (Å²) in [7, 11) is 1.96. The Bertz CT molecular complexity index is 451. The maximum Gasteiger partial charge on any atom is 0.0947 e. The molecule has 2 heterocycles. The minimum atomic E-state index is 0.967. The van der Waals surface area contributed by atoms with E-state index in [1.807, 2.05) is 38.4 Å². The third-order valence-corrected chi connectivity index (χ3v) is 3.57. The molecular weight excluding hydrogens is 218 g/mol. The van der Waals surface area contributed by atoms with Crippen molar-refractivity contribution in [2.45, 2.75) is 13.3 Å². The Kier molecular flexibility index (Phi) is 3.64. The zero-order valence-corrected chi connectivity index (χ0v) is 10.3. The first-order chi connectivity index (χ1) is 7.81. The number of aryl methyl sites for hydroxylation is 1. The highest BCUT2D eigenvalue weighted by atomic mass is 32.1. The molecule has 0 aromatic carbocycles. The number of pyridine rings is 1. The summed E-state index contributed by atoms with van der Waals surface area (Å²) in [6.45, 7) is 3.01. The van der Waals surface area contributed by atoms with Gasteiger partial charge in [-0.1, -0.05) is 6.07 Å². The maximum absolute atomic E-state index is 4.56. The fraction of sp³-hybridized carbons (Fsp3) is 0.333. The number of nitrogens with one attached hydrogen (secondary N) is 1. The molecule has 3 nitrogen and oxygen atoms in total. The Morgan fingerprint density at radius 2 is 2.25 bits per heavy atom. The van der Waals surface area contributed by atoms with Gasteiger partial charge in [-0.3, -0.25) is 4.98 Å². The topological polar surface area (TPSA) is 37.8 Å². The predicted molar refractivity (Wildman–Crippen MR) is 67.7 cm³/mol. The molecule has 4 heteroatoms. The Labute approximate surface area is 99.6 Å². The molecule has 0 spiro atoms. The number of nitrogens with zero attached hydrogens (tertiary/aromatic N) is 2. The van der Waals surface area contributed by atoms with Crippen LogP contribution in [0.2, 0.25) is 0 Å². The van der Waals surface area contributed by atoms with Crippen LogP contribution in [0.25, 0.3) is 10.6 Å². The van der Waals surface area contributed by atoms with Gasteiger partial charge in [0, 0.05) is 19.2 Å². The van der Waals surface area contributed by atoms with Crippen LogP contribution in [0.5, 0.6) is 0 Å². The Balaban J connectivity index is 2.25. The molecule has 16 heavy (non-hydrogen) atoms. The molecule has 0 saturated heterocycles. The summed E-state index contributed by atoms with van der Waals surface area (Å²) in [5.41, 5.74) is 2.10. The molecule has 0 unspecified atom stereocenters. The molecule has 1 N–H and O–H groups in total. The van der Waals surface area contributed by atoms with Crippen LogP contribution in [0.15, 0.2) is 24.4 Å². The van der Waals surface area contributed by atoms with Crippen molar-refractivity contribution in [3.63, 3.8) is 0 Å². The van der Waals surface area contributed by atoms with Crippen molar-refractivity contribution in [1.82, 2.24) is 15.3 Å². The maximum atomic E-state index is 4.56. The molecule has 0 aliphatic rings. The lowest BCUT2D eigenvalue weighted by Gasteiger charge is -1.95. The lowest BCUT2D eigenvalue weighted by molar-refractivity contribution is 0.786. The van der Waals surface area contributed by atoms with E-state index in [1.54, 1.807) is 11.3 Å². The van der Waals surface area contributed by atoms with Gasteiger partial charge >= 0.3 is 0 Å². The van der Waals surface area contributed by atoms with Crippen LogP contribution in [-0.2, 0) is 6.42 Å². The third kappa shape index (κ3) is 2.46. The minimum Gasteiger partial charge on any atom is -0.319 e. The average Bonchev–Trinajstić information content (AvgIpc) is 2.69. The molecule has 0 bridgehead atoms. The second kappa shape index (κ2) is 5.18. The van der Waals surface area contributed by atoms with E-state index in [2.05, 4.69) is 15.3 Å². The largest absolute Gasteiger partial charge is 0.319 e. The molecule has 2 aromatic rings. The van der Waals surface area contributed by atoms with Gasteiger partial charge < -0.3 is 5.32 Å². The first-order valence-electron chi connectivity index (χ1n) is 5.33. The van der Waals surface area contributed by atoms with Crippen molar-refractivity contribution in [3.8, 4) is 10.6 Å². The van der Waals surface area contributed by atoms with Crippen LogP contribution in [0.1, 0.15) is 10.7 Å². The van der Waals surface area contributed by atoms with Crippen molar-refractivity contribution < 1.29 is 0 Å². The Hall–Kier alpha value is -1.26. The summed E-state index contributed by atoms with van der Waals surface area (Å²) in [4.78, 5) is 10.1. The molecule has 0 aliphatic carbocycles. The molecule has 0 aliphatic heterocycles. The van der Waals surface area contributed by atoms with E-state index in [0.29, 0.717) is 0 Å². The standard InChI is InChI=1S/C12H15N3S/c1-9-12(10-5-3-4-7-14-10)16-11(15-9)6-8-13-2/h3-5,7,13H,6,8H2,1-2H3. The monoisotopic (exact) mass is 233 g/mol. The molecule has 2 rings (SSSR count). The fourth-order valence-electron chi connectivity index (χ4n) is 1.53. The summed E-state index contributed by atoms with van der Waals surface area (Å²) in [5, 5.41) is 4.31. The van der Waals surface area contributed by atoms with E-state index < -0.39 is 0 Å². The lowest BCUT2D eigenvalue weighted by Crippen LogP contribution is -2.09. The number of rotatable bonds is 4. The molecular formula is C12H15N3S. The quantitative estimate of drug-likeness (QED) is 0.880. The van der Waals surface area contributed by atoms with E-state index in [0.717, 1.165) is 24.4 Å². The summed E-state index contributed by atoms with van der Waals surface area (Å²) < 4.78 is 0. The number of aromatic nitrogens is 2. The summed E-state index contributed by atoms with van der Waals surface area (Å²) >= 11 is 1.74. The van der Waals surface area contributed by atoms with Crippen molar-refractivity contribution in [2.24, 2.45) is 0 Å². The lowest BCUT2D eigenvalue weighted by atomic mass is 10.3. The van der Waals surface area contributed by atoms with Gasteiger partial charge in [0.2, 0.25) is 0 Å². The van der Waals surface area contributed by atoms with Crippen LogP contribution in [0.4, 0.5) is 0 Å². The minimum absolute atomic E-state index is 0.967. The molecule has 0 amide bonds. The van der Waals surface area contributed by atoms with Crippen LogP contribution < -0.4 is 5.32 Å². The van der Waals surface area contributed by atoms with Gasteiger partial charge in [0.25, 0.3) is 0 Å². The van der Waals surface area contributed by atoms with E-state index >= 15 is 0 Å². The molecule has 0 saturated carbocycles. The summed E-state index contributed by atoms with van der Waals surface area (Å²) in [5.74, 6) is 0. The second-order valence-corrected chi connectivity index (χ2v) is 4.67. The fourth-order valence-corrected chi connectivity index (χ4v) is 2.57. The van der Waals surface area contributed by atoms with Gasteiger partial charge in [0.05, 0.1) is 21.3 Å². The second-order valence-electron chi connectivity index (χ2n) is 3.59. The number of thiazole rings is 1. The molecule has 0 fully saturated rings. The first-order valence-corrected chi connectivity index (χ1v) is 6.15. The van der Waals surface area contributed by atoms with Crippen LogP contribution in [-0.4, -0.2) is 23.6 Å². The van der Waals surface area contributed by atoms with Gasteiger partial charge in [-0.25, -0.2) is 4.98 Å². The predicted octanol–water partition coefficient (Wildman–Crippen LogP) is 2.28. The van der Waals surface area contributed by atoms with E-state index in [1.165, 1.54) is 9.88 Å². The Morgan fingerprint density at radius 3 is 2.94 bits per heavy atom. The SMILES string of the molecule is CNCCc1nc(C)c(-c2ccccn2)s1. The normalized spacial score (nSPS) is 10.6. The first kappa shape index (κ1) is 11.2.